The van der Waals surface area contributed by atoms with Crippen molar-refractivity contribution in [3.8, 4) is 0 Å². The van der Waals surface area contributed by atoms with E-state index >= 15 is 0 Å². The van der Waals surface area contributed by atoms with Crippen LogP contribution in [0.15, 0.2) is 58.8 Å². The lowest BCUT2D eigenvalue weighted by atomic mass is 10.2. The van der Waals surface area contributed by atoms with Gasteiger partial charge >= 0.3 is 0 Å². The van der Waals surface area contributed by atoms with Crippen LogP contribution in [0.1, 0.15) is 42.3 Å². The molecule has 6 heteroatoms. The van der Waals surface area contributed by atoms with Gasteiger partial charge in [0.1, 0.15) is 11.5 Å². The molecule has 1 aromatic heterocycles. The Bertz CT molecular complexity index is 802. The minimum absolute atomic E-state index is 0.163. The summed E-state index contributed by atoms with van der Waals surface area (Å²) in [6, 6.07) is 12.4. The Kier molecular flexibility index (Phi) is 7.37. The first-order valence-electron chi connectivity index (χ1n) is 9.70. The van der Waals surface area contributed by atoms with Crippen LogP contribution in [0.4, 0.5) is 0 Å². The Labute approximate surface area is 170 Å². The van der Waals surface area contributed by atoms with Crippen LogP contribution in [0.3, 0.4) is 0 Å². The van der Waals surface area contributed by atoms with E-state index in [0.717, 1.165) is 25.0 Å². The molecule has 0 bridgehead atoms. The first-order chi connectivity index (χ1) is 13.7. The maximum atomic E-state index is 13.3. The van der Waals surface area contributed by atoms with Crippen molar-refractivity contribution in [3.05, 3.63) is 65.7 Å². The van der Waals surface area contributed by atoms with Crippen molar-refractivity contribution in [2.75, 3.05) is 18.8 Å². The predicted octanol–water partition coefficient (Wildman–Crippen LogP) is 4.18. The van der Waals surface area contributed by atoms with E-state index in [-0.39, 0.29) is 17.5 Å². The number of amides is 2. The summed E-state index contributed by atoms with van der Waals surface area (Å²) in [6.07, 6.45) is 6.38. The molecular formula is C22H26N2O3S. The van der Waals surface area contributed by atoms with Crippen molar-refractivity contribution in [1.29, 1.82) is 0 Å². The third kappa shape index (κ3) is 5.52. The zero-order valence-electron chi connectivity index (χ0n) is 16.1. The molecule has 148 valence electrons. The molecule has 2 amide bonds. The van der Waals surface area contributed by atoms with Crippen molar-refractivity contribution in [2.24, 2.45) is 0 Å². The standard InChI is InChI=1S/C22H26N2O3S/c1-2-28-19-12-6-7-13-24(16-19)22(26)20(15-18-11-8-14-27-18)23-21(25)17-9-4-3-5-10-17/h3-5,8-11,14-15,19H,2,6-7,12-13,16H2,1H3,(H,23,25)/b20-15-. The number of carbonyl (C=O) groups excluding carboxylic acids is 2. The van der Waals surface area contributed by atoms with Crippen LogP contribution in [0.5, 0.6) is 0 Å². The van der Waals surface area contributed by atoms with Gasteiger partial charge in [-0.1, -0.05) is 31.5 Å². The molecule has 1 aliphatic rings. The third-order valence-electron chi connectivity index (χ3n) is 4.66. The maximum absolute atomic E-state index is 13.3. The SMILES string of the molecule is CCSC1CCCCN(C(=O)/C(=C/c2ccco2)NC(=O)c2ccccc2)C1. The highest BCUT2D eigenvalue weighted by Gasteiger charge is 2.25. The molecule has 5 nitrogen and oxygen atoms in total. The molecule has 2 heterocycles. The summed E-state index contributed by atoms with van der Waals surface area (Å²) in [5.41, 5.74) is 0.752. The highest BCUT2D eigenvalue weighted by Crippen LogP contribution is 2.23. The van der Waals surface area contributed by atoms with Crippen molar-refractivity contribution in [3.63, 3.8) is 0 Å². The van der Waals surface area contributed by atoms with Gasteiger partial charge in [0.2, 0.25) is 0 Å². The van der Waals surface area contributed by atoms with E-state index in [1.807, 2.05) is 22.7 Å². The van der Waals surface area contributed by atoms with E-state index in [1.54, 1.807) is 48.7 Å². The van der Waals surface area contributed by atoms with E-state index < -0.39 is 0 Å². The number of thioether (sulfide) groups is 1. The molecule has 28 heavy (non-hydrogen) atoms. The smallest absolute Gasteiger partial charge is 0.270 e. The molecule has 1 saturated heterocycles. The number of rotatable bonds is 6. The number of furan rings is 1. The van der Waals surface area contributed by atoms with Crippen molar-refractivity contribution < 1.29 is 14.0 Å². The number of carbonyl (C=O) groups is 2. The van der Waals surface area contributed by atoms with E-state index in [1.165, 1.54) is 0 Å². The lowest BCUT2D eigenvalue weighted by molar-refractivity contribution is -0.127. The summed E-state index contributed by atoms with van der Waals surface area (Å²) in [4.78, 5) is 27.8. The molecule has 1 atom stereocenters. The molecule has 1 aromatic carbocycles. The lowest BCUT2D eigenvalue weighted by Crippen LogP contribution is -2.41. The Hall–Kier alpha value is -2.47. The summed E-state index contributed by atoms with van der Waals surface area (Å²) in [7, 11) is 0. The number of nitrogens with one attached hydrogen (secondary N) is 1. The van der Waals surface area contributed by atoms with Crippen LogP contribution in [-0.4, -0.2) is 40.8 Å². The quantitative estimate of drug-likeness (QED) is 0.742. The molecule has 0 radical (unpaired) electrons. The van der Waals surface area contributed by atoms with Gasteiger partial charge in [-0.25, -0.2) is 0 Å². The fraction of sp³-hybridized carbons (Fsp3) is 0.364. The number of benzene rings is 1. The van der Waals surface area contributed by atoms with Crippen LogP contribution < -0.4 is 5.32 Å². The highest BCUT2D eigenvalue weighted by molar-refractivity contribution is 7.99. The zero-order valence-corrected chi connectivity index (χ0v) is 16.9. The Balaban J connectivity index is 1.81. The largest absolute Gasteiger partial charge is 0.465 e. The third-order valence-corrected chi connectivity index (χ3v) is 5.85. The van der Waals surface area contributed by atoms with Gasteiger partial charge in [-0.05, 0) is 42.9 Å². The summed E-state index contributed by atoms with van der Waals surface area (Å²) < 4.78 is 5.37. The second kappa shape index (κ2) is 10.2. The summed E-state index contributed by atoms with van der Waals surface area (Å²) in [6.45, 7) is 3.55. The van der Waals surface area contributed by atoms with Gasteiger partial charge in [-0.2, -0.15) is 11.8 Å². The van der Waals surface area contributed by atoms with Crippen LogP contribution in [0.2, 0.25) is 0 Å². The van der Waals surface area contributed by atoms with Crippen LogP contribution in [0.25, 0.3) is 6.08 Å². The van der Waals surface area contributed by atoms with Gasteiger partial charge in [0, 0.05) is 30.0 Å². The van der Waals surface area contributed by atoms with Gasteiger partial charge in [0.25, 0.3) is 11.8 Å². The average Bonchev–Trinajstić information content (AvgIpc) is 3.12. The normalized spacial score (nSPS) is 17.8. The zero-order chi connectivity index (χ0) is 19.8. The Morgan fingerprint density at radius 3 is 2.75 bits per heavy atom. The molecule has 0 aliphatic carbocycles. The van der Waals surface area contributed by atoms with E-state index in [9.17, 15) is 9.59 Å². The summed E-state index contributed by atoms with van der Waals surface area (Å²) >= 11 is 1.90. The van der Waals surface area contributed by atoms with Gasteiger partial charge in [-0.3, -0.25) is 9.59 Å². The van der Waals surface area contributed by atoms with Gasteiger partial charge < -0.3 is 14.6 Å². The fourth-order valence-corrected chi connectivity index (χ4v) is 4.37. The molecule has 2 aromatic rings. The van der Waals surface area contributed by atoms with Crippen LogP contribution in [0, 0.1) is 0 Å². The van der Waals surface area contributed by atoms with Crippen molar-refractivity contribution >= 4 is 29.7 Å². The number of hydrogen-bond acceptors (Lipinski definition) is 4. The first kappa shape index (κ1) is 20.3. The summed E-state index contributed by atoms with van der Waals surface area (Å²) in [5.74, 6) is 1.10. The molecule has 0 spiro atoms. The fourth-order valence-electron chi connectivity index (χ4n) is 3.28. The van der Waals surface area contributed by atoms with Gasteiger partial charge in [-0.15, -0.1) is 0 Å². The molecule has 1 N–H and O–H groups in total. The second-order valence-corrected chi connectivity index (χ2v) is 8.30. The number of nitrogens with zero attached hydrogens (tertiary/aromatic N) is 1. The Morgan fingerprint density at radius 1 is 1.21 bits per heavy atom. The molecule has 1 unspecified atom stereocenters. The molecular weight excluding hydrogens is 372 g/mol. The maximum Gasteiger partial charge on any atom is 0.270 e. The van der Waals surface area contributed by atoms with Crippen LogP contribution >= 0.6 is 11.8 Å². The first-order valence-corrected chi connectivity index (χ1v) is 10.7. The second-order valence-electron chi connectivity index (χ2n) is 6.72. The van der Waals surface area contributed by atoms with E-state index in [0.29, 0.717) is 29.7 Å². The minimum atomic E-state index is -0.305. The molecule has 1 fully saturated rings. The lowest BCUT2D eigenvalue weighted by Gasteiger charge is -2.25. The molecule has 3 rings (SSSR count). The van der Waals surface area contributed by atoms with E-state index in [2.05, 4.69) is 12.2 Å². The monoisotopic (exact) mass is 398 g/mol. The highest BCUT2D eigenvalue weighted by atomic mass is 32.2. The Morgan fingerprint density at radius 2 is 2.04 bits per heavy atom. The minimum Gasteiger partial charge on any atom is -0.465 e. The predicted molar refractivity (Wildman–Crippen MR) is 113 cm³/mol. The van der Waals surface area contributed by atoms with Crippen LogP contribution in [-0.2, 0) is 4.79 Å². The number of hydrogen-bond donors (Lipinski definition) is 1. The average molecular weight is 399 g/mol. The van der Waals surface area contributed by atoms with E-state index in [4.69, 9.17) is 4.42 Å². The molecule has 1 aliphatic heterocycles. The summed E-state index contributed by atoms with van der Waals surface area (Å²) in [5, 5.41) is 3.24. The molecule has 0 saturated carbocycles. The topological polar surface area (TPSA) is 62.6 Å². The van der Waals surface area contributed by atoms with Crippen molar-refractivity contribution in [1.82, 2.24) is 10.2 Å². The van der Waals surface area contributed by atoms with Gasteiger partial charge in [0.05, 0.1) is 6.26 Å². The van der Waals surface area contributed by atoms with Gasteiger partial charge in [0.15, 0.2) is 0 Å². The van der Waals surface area contributed by atoms with Crippen molar-refractivity contribution in [2.45, 2.75) is 31.4 Å². The number of likely N-dealkylation sites (tertiary alicyclic amines) is 1.